The van der Waals surface area contributed by atoms with Crippen LogP contribution in [0, 0.1) is 6.92 Å². The second-order valence-corrected chi connectivity index (χ2v) is 6.62. The fourth-order valence-electron chi connectivity index (χ4n) is 2.59. The molecule has 0 saturated carbocycles. The van der Waals surface area contributed by atoms with Gasteiger partial charge in [0.1, 0.15) is 5.15 Å². The third kappa shape index (κ3) is 5.18. The van der Waals surface area contributed by atoms with Gasteiger partial charge in [0.2, 0.25) is 0 Å². The Hall–Kier alpha value is -3.33. The van der Waals surface area contributed by atoms with Crippen molar-refractivity contribution < 1.29 is 18.0 Å². The SMILES string of the molecule is Cc1nn(-c2cccc(C(F)(F)F)c2)c(Cl)c1C=NNC(=O)CNc1ccccc1. The minimum atomic E-state index is -4.48. The lowest BCUT2D eigenvalue weighted by Gasteiger charge is -2.09. The third-order valence-corrected chi connectivity index (χ3v) is 4.44. The average Bonchev–Trinajstić information content (AvgIpc) is 3.01. The molecule has 0 fully saturated rings. The second kappa shape index (κ2) is 9.00. The molecule has 3 aromatic rings. The lowest BCUT2D eigenvalue weighted by atomic mass is 10.2. The number of carbonyl (C=O) groups is 1. The van der Waals surface area contributed by atoms with E-state index in [0.29, 0.717) is 11.3 Å². The molecule has 0 bridgehead atoms. The van der Waals surface area contributed by atoms with Gasteiger partial charge in [-0.2, -0.15) is 23.4 Å². The Kier molecular flexibility index (Phi) is 6.41. The molecule has 2 N–H and O–H groups in total. The topological polar surface area (TPSA) is 71.3 Å². The molecule has 30 heavy (non-hydrogen) atoms. The van der Waals surface area contributed by atoms with E-state index in [4.69, 9.17) is 11.6 Å². The van der Waals surface area contributed by atoms with E-state index >= 15 is 0 Å². The number of rotatable bonds is 6. The average molecular weight is 436 g/mol. The van der Waals surface area contributed by atoms with Crippen molar-refractivity contribution in [3.63, 3.8) is 0 Å². The van der Waals surface area contributed by atoms with E-state index in [1.54, 1.807) is 6.92 Å². The maximum Gasteiger partial charge on any atom is 0.416 e. The summed E-state index contributed by atoms with van der Waals surface area (Å²) >= 11 is 6.29. The number of benzene rings is 2. The van der Waals surface area contributed by atoms with Crippen LogP contribution in [0.1, 0.15) is 16.8 Å². The number of amides is 1. The molecule has 10 heteroatoms. The van der Waals surface area contributed by atoms with Crippen molar-refractivity contribution in [2.24, 2.45) is 5.10 Å². The number of nitrogens with zero attached hydrogens (tertiary/aromatic N) is 3. The first-order chi connectivity index (χ1) is 14.3. The zero-order valence-electron chi connectivity index (χ0n) is 15.7. The summed E-state index contributed by atoms with van der Waals surface area (Å²) in [7, 11) is 0. The van der Waals surface area contributed by atoms with E-state index in [2.05, 4.69) is 20.9 Å². The van der Waals surface area contributed by atoms with Crippen molar-refractivity contribution in [3.8, 4) is 5.69 Å². The van der Waals surface area contributed by atoms with Crippen LogP contribution < -0.4 is 10.7 Å². The van der Waals surface area contributed by atoms with Gasteiger partial charge in [-0.05, 0) is 37.3 Å². The first-order valence-electron chi connectivity index (χ1n) is 8.79. The minimum Gasteiger partial charge on any atom is -0.376 e. The molecular weight excluding hydrogens is 419 g/mol. The molecule has 3 rings (SSSR count). The van der Waals surface area contributed by atoms with Crippen LogP contribution in [0.2, 0.25) is 5.15 Å². The van der Waals surface area contributed by atoms with E-state index in [1.165, 1.54) is 23.0 Å². The summed E-state index contributed by atoms with van der Waals surface area (Å²) < 4.78 is 40.0. The van der Waals surface area contributed by atoms with Crippen LogP contribution in [-0.2, 0) is 11.0 Å². The number of hydrazone groups is 1. The molecule has 1 heterocycles. The minimum absolute atomic E-state index is 0.0115. The van der Waals surface area contributed by atoms with Crippen LogP contribution in [0.3, 0.4) is 0 Å². The summed E-state index contributed by atoms with van der Waals surface area (Å²) in [5.74, 6) is -0.380. The summed E-state index contributed by atoms with van der Waals surface area (Å²) in [6.45, 7) is 1.65. The van der Waals surface area contributed by atoms with Gasteiger partial charge in [-0.25, -0.2) is 10.1 Å². The van der Waals surface area contributed by atoms with Crippen molar-refractivity contribution in [3.05, 3.63) is 76.6 Å². The van der Waals surface area contributed by atoms with E-state index < -0.39 is 11.7 Å². The normalized spacial score (nSPS) is 11.6. The fraction of sp³-hybridized carbons (Fsp3) is 0.150. The number of anilines is 1. The number of aryl methyl sites for hydroxylation is 1. The molecule has 0 atom stereocenters. The molecule has 0 radical (unpaired) electrons. The summed E-state index contributed by atoms with van der Waals surface area (Å²) in [6.07, 6.45) is -3.18. The highest BCUT2D eigenvalue weighted by Crippen LogP contribution is 2.31. The van der Waals surface area contributed by atoms with Crippen LogP contribution in [0.25, 0.3) is 5.69 Å². The Balaban J connectivity index is 1.69. The van der Waals surface area contributed by atoms with Gasteiger partial charge >= 0.3 is 6.18 Å². The molecule has 0 unspecified atom stereocenters. The molecule has 0 aliphatic carbocycles. The summed E-state index contributed by atoms with van der Waals surface area (Å²) in [5, 5.41) is 11.1. The number of alkyl halides is 3. The highest BCUT2D eigenvalue weighted by atomic mass is 35.5. The van der Waals surface area contributed by atoms with Crippen molar-refractivity contribution in [1.29, 1.82) is 0 Å². The smallest absolute Gasteiger partial charge is 0.376 e. The van der Waals surface area contributed by atoms with Gasteiger partial charge in [0.15, 0.2) is 0 Å². The predicted octanol–water partition coefficient (Wildman–Crippen LogP) is 4.42. The van der Waals surface area contributed by atoms with Crippen molar-refractivity contribution in [2.75, 3.05) is 11.9 Å². The molecule has 2 aromatic carbocycles. The van der Waals surface area contributed by atoms with Gasteiger partial charge in [-0.3, -0.25) is 4.79 Å². The molecule has 6 nitrogen and oxygen atoms in total. The molecule has 156 valence electrons. The third-order valence-electron chi connectivity index (χ3n) is 4.08. The molecular formula is C20H17ClF3N5O. The molecule has 1 aromatic heterocycles. The van der Waals surface area contributed by atoms with Gasteiger partial charge in [-0.1, -0.05) is 35.9 Å². The van der Waals surface area contributed by atoms with E-state index in [1.807, 2.05) is 30.3 Å². The van der Waals surface area contributed by atoms with E-state index in [9.17, 15) is 18.0 Å². The maximum absolute atomic E-state index is 13.0. The first kappa shape index (κ1) is 21.4. The van der Waals surface area contributed by atoms with Gasteiger partial charge in [0, 0.05) is 5.69 Å². The van der Waals surface area contributed by atoms with E-state index in [0.717, 1.165) is 17.8 Å². The largest absolute Gasteiger partial charge is 0.416 e. The maximum atomic E-state index is 13.0. The molecule has 0 saturated heterocycles. The standard InChI is InChI=1S/C20H17ClF3N5O/c1-13-17(11-26-27-18(30)12-25-15-7-3-2-4-8-15)19(21)29(28-13)16-9-5-6-14(10-16)20(22,23)24/h2-11,25H,12H2,1H3,(H,27,30). The highest BCUT2D eigenvalue weighted by molar-refractivity contribution is 6.32. The number of carbonyl (C=O) groups excluding carboxylic acids is 1. The monoisotopic (exact) mass is 435 g/mol. The Labute approximate surface area is 175 Å². The van der Waals surface area contributed by atoms with Gasteiger partial charge in [0.05, 0.1) is 35.3 Å². The van der Waals surface area contributed by atoms with Crippen LogP contribution in [-0.4, -0.2) is 28.4 Å². The Bertz CT molecular complexity index is 1060. The van der Waals surface area contributed by atoms with E-state index in [-0.39, 0.29) is 23.3 Å². The zero-order valence-corrected chi connectivity index (χ0v) is 16.5. The quantitative estimate of drug-likeness (QED) is 0.445. The van der Waals surface area contributed by atoms with Crippen molar-refractivity contribution >= 4 is 29.4 Å². The Morgan fingerprint density at radius 1 is 1.20 bits per heavy atom. The van der Waals surface area contributed by atoms with Gasteiger partial charge < -0.3 is 5.32 Å². The summed E-state index contributed by atoms with van der Waals surface area (Å²) in [6, 6.07) is 13.8. The highest BCUT2D eigenvalue weighted by Gasteiger charge is 2.30. The number of hydrogen-bond donors (Lipinski definition) is 2. The van der Waals surface area contributed by atoms with Crippen molar-refractivity contribution in [1.82, 2.24) is 15.2 Å². The Morgan fingerprint density at radius 3 is 2.63 bits per heavy atom. The zero-order chi connectivity index (χ0) is 21.7. The lowest BCUT2D eigenvalue weighted by molar-refractivity contribution is -0.137. The van der Waals surface area contributed by atoms with Crippen molar-refractivity contribution in [2.45, 2.75) is 13.1 Å². The Morgan fingerprint density at radius 2 is 1.93 bits per heavy atom. The molecule has 0 aliphatic rings. The fourth-order valence-corrected chi connectivity index (χ4v) is 2.91. The van der Waals surface area contributed by atoms with Crippen LogP contribution >= 0.6 is 11.6 Å². The number of aromatic nitrogens is 2. The first-order valence-corrected chi connectivity index (χ1v) is 9.17. The predicted molar refractivity (Wildman–Crippen MR) is 109 cm³/mol. The van der Waals surface area contributed by atoms with Crippen LogP contribution in [0.15, 0.2) is 59.7 Å². The summed E-state index contributed by atoms with van der Waals surface area (Å²) in [5.41, 5.74) is 3.32. The molecule has 1 amide bonds. The van der Waals surface area contributed by atoms with Gasteiger partial charge in [0.25, 0.3) is 5.91 Å². The number of hydrogen-bond acceptors (Lipinski definition) is 4. The lowest BCUT2D eigenvalue weighted by Crippen LogP contribution is -2.25. The second-order valence-electron chi connectivity index (χ2n) is 6.26. The van der Waals surface area contributed by atoms with Crippen LogP contribution in [0.4, 0.5) is 18.9 Å². The van der Waals surface area contributed by atoms with Gasteiger partial charge in [-0.15, -0.1) is 0 Å². The molecule has 0 spiro atoms. The summed E-state index contributed by atoms with van der Waals surface area (Å²) in [4.78, 5) is 11.9. The number of halogens is 4. The number of para-hydroxylation sites is 1. The number of nitrogens with one attached hydrogen (secondary N) is 2. The van der Waals surface area contributed by atoms with Crippen LogP contribution in [0.5, 0.6) is 0 Å². The molecule has 0 aliphatic heterocycles.